The van der Waals surface area contributed by atoms with E-state index in [9.17, 15) is 14.9 Å². The van der Waals surface area contributed by atoms with Gasteiger partial charge in [-0.3, -0.25) is 14.9 Å². The summed E-state index contributed by atoms with van der Waals surface area (Å²) in [6.45, 7) is 4.22. The van der Waals surface area contributed by atoms with Crippen LogP contribution in [-0.2, 0) is 0 Å². The molecule has 1 aliphatic heterocycles. The van der Waals surface area contributed by atoms with Crippen molar-refractivity contribution < 1.29 is 9.72 Å². The van der Waals surface area contributed by atoms with Gasteiger partial charge in [-0.2, -0.15) is 0 Å². The van der Waals surface area contributed by atoms with Crippen LogP contribution in [0.2, 0.25) is 0 Å². The van der Waals surface area contributed by atoms with Crippen molar-refractivity contribution in [2.45, 2.75) is 25.8 Å². The maximum Gasteiger partial charge on any atom is 0.293 e. The number of anilines is 1. The van der Waals surface area contributed by atoms with Gasteiger partial charge in [0.1, 0.15) is 5.69 Å². The lowest BCUT2D eigenvalue weighted by atomic mass is 9.98. The molecule has 1 atom stereocenters. The fourth-order valence-corrected chi connectivity index (χ4v) is 3.89. The third-order valence-corrected chi connectivity index (χ3v) is 5.82. The number of benzene rings is 2. The Morgan fingerprint density at radius 3 is 2.47 bits per heavy atom. The van der Waals surface area contributed by atoms with Gasteiger partial charge in [0.15, 0.2) is 0 Å². The van der Waals surface area contributed by atoms with E-state index in [0.717, 1.165) is 31.5 Å². The summed E-state index contributed by atoms with van der Waals surface area (Å²) in [5.74, 6) is 0.333. The fraction of sp³-hybridized carbons (Fsp3) is 0.435. The maximum absolute atomic E-state index is 12.7. The molecule has 1 aliphatic rings. The number of hydrogen-bond donors (Lipinski definition) is 1. The molecular weight excluding hydrogens is 380 g/mol. The van der Waals surface area contributed by atoms with Crippen molar-refractivity contribution in [2.24, 2.45) is 5.92 Å². The lowest BCUT2D eigenvalue weighted by Gasteiger charge is -2.31. The molecule has 7 heteroatoms. The van der Waals surface area contributed by atoms with Crippen molar-refractivity contribution in [2.75, 3.05) is 38.6 Å². The van der Waals surface area contributed by atoms with Gasteiger partial charge >= 0.3 is 0 Å². The molecule has 2 aromatic carbocycles. The average molecular weight is 411 g/mol. The predicted octanol–water partition coefficient (Wildman–Crippen LogP) is 3.86. The molecular formula is C23H30N4O3. The van der Waals surface area contributed by atoms with E-state index < -0.39 is 4.92 Å². The Bertz CT molecular complexity index is 877. The largest absolute Gasteiger partial charge is 0.366 e. The normalized spacial score (nSPS) is 15.8. The lowest BCUT2D eigenvalue weighted by molar-refractivity contribution is -0.384. The van der Waals surface area contributed by atoms with Crippen LogP contribution >= 0.6 is 0 Å². The minimum absolute atomic E-state index is 0.00979. The minimum atomic E-state index is -0.392. The monoisotopic (exact) mass is 410 g/mol. The van der Waals surface area contributed by atoms with Gasteiger partial charge in [-0.25, -0.2) is 0 Å². The van der Waals surface area contributed by atoms with Crippen molar-refractivity contribution in [1.29, 1.82) is 0 Å². The van der Waals surface area contributed by atoms with E-state index in [1.54, 1.807) is 12.1 Å². The second-order valence-electron chi connectivity index (χ2n) is 8.23. The third kappa shape index (κ3) is 5.16. The Balaban J connectivity index is 1.74. The number of likely N-dealkylation sites (N-methyl/N-ethyl adjacent to an activating group) is 1. The van der Waals surface area contributed by atoms with E-state index in [0.29, 0.717) is 23.7 Å². The summed E-state index contributed by atoms with van der Waals surface area (Å²) >= 11 is 0. The maximum atomic E-state index is 12.7. The number of carbonyl (C=O) groups excluding carboxylic acids is 1. The lowest BCUT2D eigenvalue weighted by Crippen LogP contribution is -2.35. The first kappa shape index (κ1) is 21.8. The van der Waals surface area contributed by atoms with Crippen molar-refractivity contribution in [3.8, 4) is 0 Å². The molecule has 1 amide bonds. The summed E-state index contributed by atoms with van der Waals surface area (Å²) in [5, 5.41) is 14.6. The molecule has 1 fully saturated rings. The molecule has 1 saturated heterocycles. The molecule has 0 spiro atoms. The van der Waals surface area contributed by atoms with Crippen molar-refractivity contribution in [3.05, 3.63) is 69.8 Å². The molecule has 1 unspecified atom stereocenters. The smallest absolute Gasteiger partial charge is 0.293 e. The van der Waals surface area contributed by atoms with E-state index in [1.807, 2.05) is 49.3 Å². The topological polar surface area (TPSA) is 78.7 Å². The van der Waals surface area contributed by atoms with Crippen LogP contribution in [0.3, 0.4) is 0 Å². The van der Waals surface area contributed by atoms with Crippen LogP contribution in [0.5, 0.6) is 0 Å². The quantitative estimate of drug-likeness (QED) is 0.554. The predicted molar refractivity (Wildman–Crippen MR) is 119 cm³/mol. The number of nitro benzene ring substituents is 1. The van der Waals surface area contributed by atoms with E-state index >= 15 is 0 Å². The van der Waals surface area contributed by atoms with Crippen LogP contribution in [-0.4, -0.2) is 49.5 Å². The Kier molecular flexibility index (Phi) is 7.05. The zero-order valence-electron chi connectivity index (χ0n) is 17.9. The van der Waals surface area contributed by atoms with Crippen LogP contribution in [0.4, 0.5) is 11.4 Å². The number of nitro groups is 1. The molecule has 0 aromatic heterocycles. The number of piperidine rings is 1. The number of rotatable bonds is 7. The van der Waals surface area contributed by atoms with Gasteiger partial charge in [0.2, 0.25) is 0 Å². The summed E-state index contributed by atoms with van der Waals surface area (Å²) < 4.78 is 0. The Hall–Kier alpha value is -2.93. The molecule has 0 bridgehead atoms. The Morgan fingerprint density at radius 1 is 1.20 bits per heavy atom. The first-order valence-corrected chi connectivity index (χ1v) is 10.4. The van der Waals surface area contributed by atoms with E-state index in [4.69, 9.17) is 0 Å². The SMILES string of the molecule is CC1CCN(c2ccc(C(=O)NCC(c3ccccc3)N(C)C)cc2[N+](=O)[O-])CC1. The van der Waals surface area contributed by atoms with Gasteiger partial charge in [0.25, 0.3) is 11.6 Å². The first-order valence-electron chi connectivity index (χ1n) is 10.4. The van der Waals surface area contributed by atoms with Crippen LogP contribution in [0.15, 0.2) is 48.5 Å². The second-order valence-corrected chi connectivity index (χ2v) is 8.23. The highest BCUT2D eigenvalue weighted by atomic mass is 16.6. The molecule has 1 N–H and O–H groups in total. The first-order chi connectivity index (χ1) is 14.4. The van der Waals surface area contributed by atoms with Crippen LogP contribution in [0.25, 0.3) is 0 Å². The highest BCUT2D eigenvalue weighted by Gasteiger charge is 2.25. The van der Waals surface area contributed by atoms with Gasteiger partial charge in [0.05, 0.1) is 11.0 Å². The highest BCUT2D eigenvalue weighted by molar-refractivity contribution is 5.95. The fourth-order valence-electron chi connectivity index (χ4n) is 3.89. The zero-order chi connectivity index (χ0) is 21.7. The molecule has 160 valence electrons. The minimum Gasteiger partial charge on any atom is -0.366 e. The van der Waals surface area contributed by atoms with Gasteiger partial charge < -0.3 is 15.1 Å². The number of hydrogen-bond acceptors (Lipinski definition) is 5. The van der Waals surface area contributed by atoms with Gasteiger partial charge in [-0.1, -0.05) is 37.3 Å². The molecule has 3 rings (SSSR count). The highest BCUT2D eigenvalue weighted by Crippen LogP contribution is 2.32. The van der Waals surface area contributed by atoms with Crippen molar-refractivity contribution in [1.82, 2.24) is 10.2 Å². The second kappa shape index (κ2) is 9.71. The van der Waals surface area contributed by atoms with E-state index in [-0.39, 0.29) is 17.6 Å². The number of carbonyl (C=O) groups is 1. The molecule has 0 radical (unpaired) electrons. The van der Waals surface area contributed by atoms with Crippen LogP contribution in [0, 0.1) is 16.0 Å². The Labute approximate surface area is 177 Å². The Morgan fingerprint density at radius 2 is 1.87 bits per heavy atom. The standard InChI is InChI=1S/C23H30N4O3/c1-17-11-13-26(14-12-17)20-10-9-19(15-21(20)27(29)30)23(28)24-16-22(25(2)3)18-7-5-4-6-8-18/h4-10,15,17,22H,11-14,16H2,1-3H3,(H,24,28). The van der Waals surface area contributed by atoms with Gasteiger partial charge in [0, 0.05) is 31.3 Å². The summed E-state index contributed by atoms with van der Waals surface area (Å²) in [5.41, 5.74) is 1.99. The molecule has 1 heterocycles. The summed E-state index contributed by atoms with van der Waals surface area (Å²) in [4.78, 5) is 28.1. The van der Waals surface area contributed by atoms with Gasteiger partial charge in [-0.05, 0) is 50.6 Å². The van der Waals surface area contributed by atoms with Crippen molar-refractivity contribution >= 4 is 17.3 Å². The molecule has 2 aromatic rings. The molecule has 7 nitrogen and oxygen atoms in total. The molecule has 0 aliphatic carbocycles. The molecule has 30 heavy (non-hydrogen) atoms. The number of nitrogens with one attached hydrogen (secondary N) is 1. The van der Waals surface area contributed by atoms with Crippen LogP contribution in [0.1, 0.15) is 41.7 Å². The van der Waals surface area contributed by atoms with Crippen molar-refractivity contribution in [3.63, 3.8) is 0 Å². The van der Waals surface area contributed by atoms with Gasteiger partial charge in [-0.15, -0.1) is 0 Å². The summed E-state index contributed by atoms with van der Waals surface area (Å²) in [6.07, 6.45) is 2.04. The average Bonchev–Trinajstić information content (AvgIpc) is 2.74. The molecule has 0 saturated carbocycles. The van der Waals surface area contributed by atoms with Crippen LogP contribution < -0.4 is 10.2 Å². The number of amides is 1. The summed E-state index contributed by atoms with van der Waals surface area (Å²) in [7, 11) is 3.92. The van der Waals surface area contributed by atoms with E-state index in [1.165, 1.54) is 6.07 Å². The third-order valence-electron chi connectivity index (χ3n) is 5.82. The van der Waals surface area contributed by atoms with E-state index in [2.05, 4.69) is 17.1 Å². The zero-order valence-corrected chi connectivity index (χ0v) is 17.9. The number of nitrogens with zero attached hydrogens (tertiary/aromatic N) is 3. The summed E-state index contributed by atoms with van der Waals surface area (Å²) in [6, 6.07) is 14.8.